The maximum atomic E-state index is 3.98. The van der Waals surface area contributed by atoms with Crippen molar-refractivity contribution in [2.24, 2.45) is 0 Å². The second-order valence-corrected chi connectivity index (χ2v) is 3.90. The number of allylic oxidation sites excluding steroid dienone is 1. The van der Waals surface area contributed by atoms with Crippen LogP contribution in [0.5, 0.6) is 0 Å². The van der Waals surface area contributed by atoms with E-state index in [9.17, 15) is 0 Å². The largest absolute Gasteiger partial charge is 0.102 e. The Kier molecular flexibility index (Phi) is 3.73. The maximum absolute atomic E-state index is 3.98. The van der Waals surface area contributed by atoms with Gasteiger partial charge >= 0.3 is 0 Å². The normalized spacial score (nSPS) is 12.5. The third-order valence-electron chi connectivity index (χ3n) is 2.17. The number of hydrogen-bond acceptors (Lipinski definition) is 0. The fraction of sp³-hybridized carbons (Fsp3) is 0.250. The number of aryl methyl sites for hydroxylation is 1. The van der Waals surface area contributed by atoms with E-state index in [0.717, 1.165) is 6.42 Å². The van der Waals surface area contributed by atoms with Crippen LogP contribution in [0.25, 0.3) is 0 Å². The second kappa shape index (κ2) is 4.61. The van der Waals surface area contributed by atoms with Crippen molar-refractivity contribution in [2.45, 2.75) is 19.3 Å². The Labute approximate surface area is 88.8 Å². The van der Waals surface area contributed by atoms with Gasteiger partial charge in [-0.15, -0.1) is 6.58 Å². The highest BCUT2D eigenvalue weighted by Gasteiger charge is 2.03. The van der Waals surface area contributed by atoms with Gasteiger partial charge < -0.3 is 0 Å². The van der Waals surface area contributed by atoms with Crippen molar-refractivity contribution in [1.29, 1.82) is 0 Å². The van der Waals surface area contributed by atoms with Crippen molar-refractivity contribution in [1.82, 2.24) is 0 Å². The van der Waals surface area contributed by atoms with Crippen LogP contribution in [0.1, 0.15) is 24.0 Å². The van der Waals surface area contributed by atoms with Crippen LogP contribution in [0.15, 0.2) is 35.3 Å². The van der Waals surface area contributed by atoms with Gasteiger partial charge in [0.05, 0.1) is 0 Å². The lowest BCUT2D eigenvalue weighted by atomic mass is 9.99. The van der Waals surface area contributed by atoms with E-state index in [4.69, 9.17) is 0 Å². The third kappa shape index (κ3) is 2.44. The summed E-state index contributed by atoms with van der Waals surface area (Å²) in [6, 6.07) is 6.38. The first-order valence-corrected chi connectivity index (χ1v) is 5.22. The molecule has 1 heteroatoms. The van der Waals surface area contributed by atoms with Crippen LogP contribution in [0, 0.1) is 6.92 Å². The number of benzene rings is 1. The molecule has 0 amide bonds. The van der Waals surface area contributed by atoms with Crippen LogP contribution in [-0.2, 0) is 6.42 Å². The van der Waals surface area contributed by atoms with Crippen LogP contribution in [0.2, 0.25) is 0 Å². The lowest BCUT2D eigenvalue weighted by Crippen LogP contribution is -1.91. The molecular formula is C12H14Br. The molecule has 1 atom stereocenters. The quantitative estimate of drug-likeness (QED) is 0.695. The van der Waals surface area contributed by atoms with Gasteiger partial charge in [-0.2, -0.15) is 0 Å². The predicted molar refractivity (Wildman–Crippen MR) is 61.8 cm³/mol. The number of halogens is 1. The molecule has 0 bridgehead atoms. The number of hydrogen-bond donors (Lipinski definition) is 0. The minimum atomic E-state index is 0.183. The van der Waals surface area contributed by atoms with E-state index in [1.165, 1.54) is 15.6 Å². The zero-order valence-corrected chi connectivity index (χ0v) is 9.47. The third-order valence-corrected chi connectivity index (χ3v) is 2.91. The highest BCUT2D eigenvalue weighted by molar-refractivity contribution is 9.10. The average molecular weight is 238 g/mol. The van der Waals surface area contributed by atoms with Crippen LogP contribution in [-0.4, -0.2) is 0 Å². The molecule has 69 valence electrons. The second-order valence-electron chi connectivity index (χ2n) is 3.05. The van der Waals surface area contributed by atoms with Crippen molar-refractivity contribution in [3.63, 3.8) is 0 Å². The van der Waals surface area contributed by atoms with Crippen LogP contribution < -0.4 is 0 Å². The molecule has 0 N–H and O–H groups in total. The first kappa shape index (κ1) is 10.5. The predicted octanol–water partition coefficient (Wildman–Crippen LogP) is 4.12. The van der Waals surface area contributed by atoms with E-state index in [1.54, 1.807) is 0 Å². The monoisotopic (exact) mass is 237 g/mol. The molecule has 0 fully saturated rings. The van der Waals surface area contributed by atoms with Crippen molar-refractivity contribution in [2.75, 3.05) is 0 Å². The molecule has 0 heterocycles. The zero-order valence-electron chi connectivity index (χ0n) is 7.89. The maximum Gasteiger partial charge on any atom is 0.0210 e. The van der Waals surface area contributed by atoms with E-state index < -0.39 is 0 Å². The topological polar surface area (TPSA) is 0 Å². The molecule has 0 nitrogen and oxygen atoms in total. The molecule has 0 aliphatic rings. The summed E-state index contributed by atoms with van der Waals surface area (Å²) in [6.07, 6.45) is 2.91. The zero-order chi connectivity index (χ0) is 9.84. The van der Waals surface area contributed by atoms with E-state index in [0.29, 0.717) is 0 Å². The smallest absolute Gasteiger partial charge is 0.0210 e. The van der Waals surface area contributed by atoms with Gasteiger partial charge in [0.25, 0.3) is 0 Å². The molecule has 13 heavy (non-hydrogen) atoms. The van der Waals surface area contributed by atoms with E-state index in [-0.39, 0.29) is 5.92 Å². The van der Waals surface area contributed by atoms with Crippen molar-refractivity contribution in [3.8, 4) is 0 Å². The Morgan fingerprint density at radius 3 is 2.69 bits per heavy atom. The Hall–Kier alpha value is -0.560. The lowest BCUT2D eigenvalue weighted by molar-refractivity contribution is 1.06. The van der Waals surface area contributed by atoms with Crippen molar-refractivity contribution in [3.05, 3.63) is 53.4 Å². The first-order valence-electron chi connectivity index (χ1n) is 4.43. The summed E-state index contributed by atoms with van der Waals surface area (Å²) in [6.45, 7) is 9.86. The van der Waals surface area contributed by atoms with Gasteiger partial charge in [0.1, 0.15) is 0 Å². The molecule has 1 unspecified atom stereocenters. The highest BCUT2D eigenvalue weighted by atomic mass is 79.9. The molecule has 0 spiro atoms. The lowest BCUT2D eigenvalue weighted by Gasteiger charge is -2.08. The summed E-state index contributed by atoms with van der Waals surface area (Å²) in [5.74, 6) is 0.183. The van der Waals surface area contributed by atoms with Gasteiger partial charge in [0, 0.05) is 10.4 Å². The summed E-state index contributed by atoms with van der Waals surface area (Å²) >= 11 is 3.54. The molecule has 0 aromatic heterocycles. The van der Waals surface area contributed by atoms with Gasteiger partial charge in [-0.1, -0.05) is 41.1 Å². The fourth-order valence-corrected chi connectivity index (χ4v) is 1.89. The van der Waals surface area contributed by atoms with Gasteiger partial charge in [0.15, 0.2) is 0 Å². The Morgan fingerprint density at radius 2 is 2.23 bits per heavy atom. The molecule has 1 aromatic carbocycles. The molecule has 0 saturated carbocycles. The minimum absolute atomic E-state index is 0.183. The summed E-state index contributed by atoms with van der Waals surface area (Å²) < 4.78 is 1.17. The van der Waals surface area contributed by atoms with Crippen LogP contribution >= 0.6 is 15.9 Å². The average Bonchev–Trinajstić information content (AvgIpc) is 2.16. The summed E-state index contributed by atoms with van der Waals surface area (Å²) in [5.41, 5.74) is 2.54. The van der Waals surface area contributed by atoms with E-state index >= 15 is 0 Å². The summed E-state index contributed by atoms with van der Waals surface area (Å²) in [7, 11) is 0. The molecular weight excluding hydrogens is 224 g/mol. The molecule has 1 aromatic rings. The van der Waals surface area contributed by atoms with Crippen molar-refractivity contribution < 1.29 is 0 Å². The number of rotatable bonds is 3. The van der Waals surface area contributed by atoms with E-state index in [2.05, 4.69) is 54.6 Å². The SMILES string of the molecule is [CH2]C(C=C)c1ccc(CC)c(Br)c1. The van der Waals surface area contributed by atoms with Gasteiger partial charge in [0.2, 0.25) is 0 Å². The highest BCUT2D eigenvalue weighted by Crippen LogP contribution is 2.23. The molecule has 0 aliphatic heterocycles. The molecule has 0 aliphatic carbocycles. The summed E-state index contributed by atoms with van der Waals surface area (Å²) in [5, 5.41) is 0. The fourth-order valence-electron chi connectivity index (χ4n) is 1.22. The first-order chi connectivity index (χ1) is 6.19. The molecule has 1 radical (unpaired) electrons. The summed E-state index contributed by atoms with van der Waals surface area (Å²) in [4.78, 5) is 0. The Balaban J connectivity index is 3.02. The van der Waals surface area contributed by atoms with E-state index in [1.807, 2.05) is 6.08 Å². The standard InChI is InChI=1S/C12H14Br/c1-4-9(3)11-7-6-10(5-2)12(13)8-11/h4,6-9H,1,3,5H2,2H3. The Morgan fingerprint density at radius 1 is 1.54 bits per heavy atom. The Bertz CT molecular complexity index is 302. The van der Waals surface area contributed by atoms with Gasteiger partial charge in [-0.05, 0) is 30.5 Å². The van der Waals surface area contributed by atoms with Gasteiger partial charge in [-0.3, -0.25) is 0 Å². The van der Waals surface area contributed by atoms with Gasteiger partial charge in [-0.25, -0.2) is 0 Å². The molecule has 1 rings (SSSR count). The van der Waals surface area contributed by atoms with Crippen LogP contribution in [0.4, 0.5) is 0 Å². The minimum Gasteiger partial charge on any atom is -0.102 e. The molecule has 0 saturated heterocycles. The van der Waals surface area contributed by atoms with Crippen molar-refractivity contribution >= 4 is 15.9 Å². The van der Waals surface area contributed by atoms with Crippen LogP contribution in [0.3, 0.4) is 0 Å².